The lowest BCUT2D eigenvalue weighted by atomic mass is 9.97. The molecule has 0 aromatic heterocycles. The molecular weight excluding hydrogens is 298 g/mol. The smallest absolute Gasteiger partial charge is 0.225 e. The topological polar surface area (TPSA) is 44.4 Å². The molecule has 0 saturated carbocycles. The van der Waals surface area contributed by atoms with Crippen molar-refractivity contribution in [2.45, 2.75) is 25.9 Å². The van der Waals surface area contributed by atoms with Gasteiger partial charge in [0.05, 0.1) is 5.92 Å². The molecule has 0 radical (unpaired) electrons. The van der Waals surface area contributed by atoms with Gasteiger partial charge in [0.2, 0.25) is 5.91 Å². The molecule has 5 heteroatoms. The minimum atomic E-state index is 0. The molecule has 2 atom stereocenters. The average molecular weight is 324 g/mol. The summed E-state index contributed by atoms with van der Waals surface area (Å²) in [5.41, 5.74) is 1.37. The Bertz CT molecular complexity index is 478. The Morgan fingerprint density at radius 2 is 2.09 bits per heavy atom. The maximum Gasteiger partial charge on any atom is 0.225 e. The van der Waals surface area contributed by atoms with E-state index >= 15 is 0 Å². The molecule has 2 aliphatic heterocycles. The van der Waals surface area contributed by atoms with Crippen LogP contribution in [0.15, 0.2) is 30.3 Å². The molecule has 2 unspecified atom stereocenters. The van der Waals surface area contributed by atoms with Gasteiger partial charge in [-0.2, -0.15) is 0 Å². The zero-order valence-electron chi connectivity index (χ0n) is 13.1. The van der Waals surface area contributed by atoms with E-state index in [1.54, 1.807) is 0 Å². The molecule has 2 saturated heterocycles. The number of likely N-dealkylation sites (tertiary alicyclic amines) is 1. The second-order valence-electron chi connectivity index (χ2n) is 6.42. The lowest BCUT2D eigenvalue weighted by Crippen LogP contribution is -2.53. The molecule has 22 heavy (non-hydrogen) atoms. The predicted molar refractivity (Wildman–Crippen MR) is 91.0 cm³/mol. The lowest BCUT2D eigenvalue weighted by Gasteiger charge is -2.29. The zero-order chi connectivity index (χ0) is 14.7. The molecule has 0 spiro atoms. The van der Waals surface area contributed by atoms with E-state index in [9.17, 15) is 4.79 Å². The number of nitrogens with one attached hydrogen (secondary N) is 2. The summed E-state index contributed by atoms with van der Waals surface area (Å²) < 4.78 is 0. The van der Waals surface area contributed by atoms with Crippen LogP contribution in [0, 0.1) is 11.8 Å². The summed E-state index contributed by atoms with van der Waals surface area (Å²) >= 11 is 0. The minimum Gasteiger partial charge on any atom is -0.353 e. The van der Waals surface area contributed by atoms with Crippen LogP contribution in [0.4, 0.5) is 0 Å². The van der Waals surface area contributed by atoms with Crippen molar-refractivity contribution in [3.8, 4) is 0 Å². The Balaban J connectivity index is 0.00000176. The summed E-state index contributed by atoms with van der Waals surface area (Å²) in [7, 11) is 0. The Morgan fingerprint density at radius 3 is 2.73 bits per heavy atom. The van der Waals surface area contributed by atoms with Crippen LogP contribution in [0.1, 0.15) is 18.9 Å². The molecular formula is C17H26ClN3O. The highest BCUT2D eigenvalue weighted by Gasteiger charge is 2.31. The number of hydrogen-bond donors (Lipinski definition) is 2. The van der Waals surface area contributed by atoms with Crippen LogP contribution in [-0.2, 0) is 11.3 Å². The largest absolute Gasteiger partial charge is 0.353 e. The van der Waals surface area contributed by atoms with E-state index in [1.807, 2.05) is 0 Å². The first-order chi connectivity index (χ1) is 10.2. The number of carbonyl (C=O) groups excluding carboxylic acids is 1. The van der Waals surface area contributed by atoms with Gasteiger partial charge in [0, 0.05) is 32.2 Å². The number of rotatable bonds is 5. The van der Waals surface area contributed by atoms with E-state index in [4.69, 9.17) is 0 Å². The quantitative estimate of drug-likeness (QED) is 0.866. The zero-order valence-corrected chi connectivity index (χ0v) is 13.9. The minimum absolute atomic E-state index is 0. The van der Waals surface area contributed by atoms with Gasteiger partial charge in [0.1, 0.15) is 0 Å². The summed E-state index contributed by atoms with van der Waals surface area (Å²) in [6, 6.07) is 10.9. The highest BCUT2D eigenvalue weighted by molar-refractivity contribution is 5.85. The summed E-state index contributed by atoms with van der Waals surface area (Å²) in [6.45, 7) is 7.06. The van der Waals surface area contributed by atoms with Gasteiger partial charge in [-0.15, -0.1) is 12.4 Å². The highest BCUT2D eigenvalue weighted by Crippen LogP contribution is 2.22. The molecule has 2 fully saturated rings. The van der Waals surface area contributed by atoms with Crippen molar-refractivity contribution >= 4 is 18.3 Å². The predicted octanol–water partition coefficient (Wildman–Crippen LogP) is 1.65. The monoisotopic (exact) mass is 323 g/mol. The highest BCUT2D eigenvalue weighted by atomic mass is 35.5. The van der Waals surface area contributed by atoms with E-state index in [0.29, 0.717) is 5.92 Å². The van der Waals surface area contributed by atoms with Crippen molar-refractivity contribution in [2.24, 2.45) is 11.8 Å². The third-order valence-corrected chi connectivity index (χ3v) is 4.79. The first-order valence-corrected chi connectivity index (χ1v) is 8.00. The van der Waals surface area contributed by atoms with E-state index in [1.165, 1.54) is 12.0 Å². The van der Waals surface area contributed by atoms with Crippen molar-refractivity contribution < 1.29 is 4.79 Å². The van der Waals surface area contributed by atoms with Gasteiger partial charge in [-0.3, -0.25) is 9.69 Å². The van der Waals surface area contributed by atoms with Crippen molar-refractivity contribution in [3.05, 3.63) is 35.9 Å². The summed E-state index contributed by atoms with van der Waals surface area (Å²) in [5.74, 6) is 0.989. The molecule has 2 heterocycles. The van der Waals surface area contributed by atoms with Gasteiger partial charge in [-0.25, -0.2) is 0 Å². The van der Waals surface area contributed by atoms with Crippen LogP contribution in [-0.4, -0.2) is 43.0 Å². The van der Waals surface area contributed by atoms with Gasteiger partial charge in [0.25, 0.3) is 0 Å². The second-order valence-corrected chi connectivity index (χ2v) is 6.42. The summed E-state index contributed by atoms with van der Waals surface area (Å²) in [6.07, 6.45) is 1.18. The lowest BCUT2D eigenvalue weighted by molar-refractivity contribution is -0.127. The Kier molecular flexibility index (Phi) is 6.24. The Hall–Kier alpha value is -1.10. The van der Waals surface area contributed by atoms with Crippen LogP contribution in [0.3, 0.4) is 0 Å². The van der Waals surface area contributed by atoms with Gasteiger partial charge >= 0.3 is 0 Å². The molecule has 1 amide bonds. The van der Waals surface area contributed by atoms with Crippen LogP contribution in [0.25, 0.3) is 0 Å². The van der Waals surface area contributed by atoms with Crippen molar-refractivity contribution in [1.82, 2.24) is 15.5 Å². The molecule has 1 aromatic carbocycles. The molecule has 122 valence electrons. The van der Waals surface area contributed by atoms with Crippen LogP contribution >= 0.6 is 12.4 Å². The van der Waals surface area contributed by atoms with E-state index < -0.39 is 0 Å². The second kappa shape index (κ2) is 7.95. The van der Waals surface area contributed by atoms with Gasteiger partial charge in [-0.05, 0) is 31.4 Å². The fourth-order valence-electron chi connectivity index (χ4n) is 3.19. The van der Waals surface area contributed by atoms with Crippen molar-refractivity contribution in [3.63, 3.8) is 0 Å². The van der Waals surface area contributed by atoms with E-state index in [0.717, 1.165) is 32.7 Å². The van der Waals surface area contributed by atoms with Crippen molar-refractivity contribution in [1.29, 1.82) is 0 Å². The number of benzene rings is 1. The van der Waals surface area contributed by atoms with Gasteiger partial charge < -0.3 is 10.6 Å². The maximum atomic E-state index is 12.0. The molecule has 2 aliphatic rings. The average Bonchev–Trinajstić information content (AvgIpc) is 2.86. The van der Waals surface area contributed by atoms with Gasteiger partial charge in [0.15, 0.2) is 0 Å². The maximum absolute atomic E-state index is 12.0. The van der Waals surface area contributed by atoms with E-state index in [2.05, 4.69) is 52.8 Å². The first kappa shape index (κ1) is 17.3. The molecule has 2 N–H and O–H groups in total. The number of carbonyl (C=O) groups is 1. The Labute approximate surface area is 139 Å². The summed E-state index contributed by atoms with van der Waals surface area (Å²) in [5, 5.41) is 6.35. The molecule has 0 aliphatic carbocycles. The molecule has 4 nitrogen and oxygen atoms in total. The van der Waals surface area contributed by atoms with Crippen LogP contribution in [0.2, 0.25) is 0 Å². The SMILES string of the molecule is CC(NC(=O)C1CNC1)C1CCN(Cc2ccccc2)C1.Cl. The van der Waals surface area contributed by atoms with Crippen molar-refractivity contribution in [2.75, 3.05) is 26.2 Å². The Morgan fingerprint density at radius 1 is 1.36 bits per heavy atom. The standard InChI is InChI=1S/C17H25N3O.ClH/c1-13(19-17(21)16-9-18-10-16)15-7-8-20(12-15)11-14-5-3-2-4-6-14;/h2-6,13,15-16,18H,7-12H2,1H3,(H,19,21);1H. The normalized spacial score (nSPS) is 23.4. The number of hydrogen-bond acceptors (Lipinski definition) is 3. The van der Waals surface area contributed by atoms with Crippen LogP contribution < -0.4 is 10.6 Å². The first-order valence-electron chi connectivity index (χ1n) is 8.00. The van der Waals surface area contributed by atoms with Gasteiger partial charge in [-0.1, -0.05) is 30.3 Å². The molecule has 0 bridgehead atoms. The fraction of sp³-hybridized carbons (Fsp3) is 0.588. The number of nitrogens with zero attached hydrogens (tertiary/aromatic N) is 1. The number of amides is 1. The fourth-order valence-corrected chi connectivity index (χ4v) is 3.19. The summed E-state index contributed by atoms with van der Waals surface area (Å²) in [4.78, 5) is 14.5. The van der Waals surface area contributed by atoms with Crippen LogP contribution in [0.5, 0.6) is 0 Å². The van der Waals surface area contributed by atoms with E-state index in [-0.39, 0.29) is 30.3 Å². The molecule has 3 rings (SSSR count). The third-order valence-electron chi connectivity index (χ3n) is 4.79. The third kappa shape index (κ3) is 4.22. The molecule has 1 aromatic rings. The number of halogens is 1.